The average Bonchev–Trinajstić information content (AvgIpc) is 3.30. The van der Waals surface area contributed by atoms with Gasteiger partial charge in [-0.3, -0.25) is 0 Å². The normalized spacial score (nSPS) is 16.9. The summed E-state index contributed by atoms with van der Waals surface area (Å²) in [7, 11) is 0. The molecule has 110 valence electrons. The summed E-state index contributed by atoms with van der Waals surface area (Å²) in [6.07, 6.45) is 12.7. The summed E-state index contributed by atoms with van der Waals surface area (Å²) in [5, 5.41) is 0. The highest BCUT2D eigenvalue weighted by molar-refractivity contribution is 5.29. The summed E-state index contributed by atoms with van der Waals surface area (Å²) in [6, 6.07) is 9.44. The van der Waals surface area contributed by atoms with E-state index in [-0.39, 0.29) is 0 Å². The van der Waals surface area contributed by atoms with Crippen LogP contribution in [0.4, 0.5) is 0 Å². The van der Waals surface area contributed by atoms with Crippen molar-refractivity contribution in [2.45, 2.75) is 77.6 Å². The first kappa shape index (κ1) is 15.4. The van der Waals surface area contributed by atoms with Crippen molar-refractivity contribution in [3.05, 3.63) is 47.0 Å². The van der Waals surface area contributed by atoms with Crippen LogP contribution in [0.3, 0.4) is 0 Å². The van der Waals surface area contributed by atoms with Crippen LogP contribution in [-0.4, -0.2) is 0 Å². The van der Waals surface area contributed by atoms with Crippen molar-refractivity contribution in [2.24, 2.45) is 0 Å². The lowest BCUT2D eigenvalue weighted by molar-refractivity contribution is 0.403. The number of benzene rings is 1. The Balaban J connectivity index is 1.96. The lowest BCUT2D eigenvalue weighted by Gasteiger charge is -2.29. The van der Waals surface area contributed by atoms with E-state index in [1.54, 1.807) is 5.57 Å². The van der Waals surface area contributed by atoms with Crippen molar-refractivity contribution >= 4 is 0 Å². The summed E-state index contributed by atoms with van der Waals surface area (Å²) in [6.45, 7) is 7.04. The van der Waals surface area contributed by atoms with Crippen molar-refractivity contribution in [1.29, 1.82) is 0 Å². The third-order valence-corrected chi connectivity index (χ3v) is 4.92. The van der Waals surface area contributed by atoms with Crippen molar-refractivity contribution in [1.82, 2.24) is 0 Å². The van der Waals surface area contributed by atoms with E-state index in [0.717, 1.165) is 0 Å². The third kappa shape index (κ3) is 4.23. The van der Waals surface area contributed by atoms with Crippen LogP contribution < -0.4 is 0 Å². The first-order chi connectivity index (χ1) is 9.68. The standard InChI is InChI=1S/C20H30/c1-4-6-16-20(3,5-2)19-14-12-18(13-15-19)9-7-8-17-10-11-17/h8,12-15H,4-7,9-11,16H2,1-3H3. The fourth-order valence-corrected chi connectivity index (χ4v) is 2.89. The molecule has 0 nitrogen and oxygen atoms in total. The summed E-state index contributed by atoms with van der Waals surface area (Å²) in [4.78, 5) is 0. The van der Waals surface area contributed by atoms with Crippen LogP contribution in [-0.2, 0) is 11.8 Å². The van der Waals surface area contributed by atoms with Gasteiger partial charge in [-0.2, -0.15) is 0 Å². The van der Waals surface area contributed by atoms with Crippen molar-refractivity contribution in [3.8, 4) is 0 Å². The number of hydrogen-bond donors (Lipinski definition) is 0. The van der Waals surface area contributed by atoms with Crippen LogP contribution in [0.2, 0.25) is 0 Å². The van der Waals surface area contributed by atoms with Gasteiger partial charge in [-0.05, 0) is 55.1 Å². The summed E-state index contributed by atoms with van der Waals surface area (Å²) < 4.78 is 0. The molecule has 1 aromatic carbocycles. The summed E-state index contributed by atoms with van der Waals surface area (Å²) >= 11 is 0. The fraction of sp³-hybridized carbons (Fsp3) is 0.600. The molecule has 1 fully saturated rings. The predicted octanol–water partition coefficient (Wildman–Crippen LogP) is 6.20. The fourth-order valence-electron chi connectivity index (χ4n) is 2.89. The van der Waals surface area contributed by atoms with Gasteiger partial charge in [-0.1, -0.05) is 69.5 Å². The number of hydrogen-bond acceptors (Lipinski definition) is 0. The average molecular weight is 270 g/mol. The van der Waals surface area contributed by atoms with E-state index < -0.39 is 0 Å². The number of rotatable bonds is 8. The highest BCUT2D eigenvalue weighted by atomic mass is 14.3. The second-order valence-corrected chi connectivity index (χ2v) is 6.62. The summed E-state index contributed by atoms with van der Waals surface area (Å²) in [5.74, 6) is 0. The minimum absolute atomic E-state index is 0.366. The molecule has 20 heavy (non-hydrogen) atoms. The Morgan fingerprint density at radius 2 is 1.80 bits per heavy atom. The molecule has 0 aliphatic heterocycles. The second kappa shape index (κ2) is 7.11. The first-order valence-corrected chi connectivity index (χ1v) is 8.45. The quantitative estimate of drug-likeness (QED) is 0.493. The molecular weight excluding hydrogens is 240 g/mol. The third-order valence-electron chi connectivity index (χ3n) is 4.92. The van der Waals surface area contributed by atoms with E-state index in [0.29, 0.717) is 5.41 Å². The molecule has 1 aliphatic rings. The number of aryl methyl sites for hydroxylation is 1. The van der Waals surface area contributed by atoms with E-state index in [1.807, 2.05) is 0 Å². The van der Waals surface area contributed by atoms with Gasteiger partial charge in [0.1, 0.15) is 0 Å². The lowest BCUT2D eigenvalue weighted by Crippen LogP contribution is -2.20. The zero-order valence-electron chi connectivity index (χ0n) is 13.5. The van der Waals surface area contributed by atoms with Gasteiger partial charge in [-0.25, -0.2) is 0 Å². The van der Waals surface area contributed by atoms with E-state index in [2.05, 4.69) is 51.1 Å². The Morgan fingerprint density at radius 1 is 1.10 bits per heavy atom. The number of allylic oxidation sites excluding steroid dienone is 2. The van der Waals surface area contributed by atoms with Gasteiger partial charge >= 0.3 is 0 Å². The molecule has 0 spiro atoms. The van der Waals surface area contributed by atoms with Crippen molar-refractivity contribution in [2.75, 3.05) is 0 Å². The van der Waals surface area contributed by atoms with Gasteiger partial charge < -0.3 is 0 Å². The van der Waals surface area contributed by atoms with Crippen molar-refractivity contribution in [3.63, 3.8) is 0 Å². The zero-order valence-corrected chi connectivity index (χ0v) is 13.5. The van der Waals surface area contributed by atoms with Gasteiger partial charge in [0.05, 0.1) is 0 Å². The predicted molar refractivity (Wildman–Crippen MR) is 89.2 cm³/mol. The van der Waals surface area contributed by atoms with Crippen LogP contribution in [0.25, 0.3) is 0 Å². The Hall–Kier alpha value is -1.04. The van der Waals surface area contributed by atoms with Crippen LogP contribution in [0.5, 0.6) is 0 Å². The molecular formula is C20H30. The molecule has 2 rings (SSSR count). The van der Waals surface area contributed by atoms with E-state index in [9.17, 15) is 0 Å². The maximum atomic E-state index is 2.44. The SMILES string of the molecule is CCCCC(C)(CC)c1ccc(CCC=C2CC2)cc1. The molecule has 0 aromatic heterocycles. The largest absolute Gasteiger partial charge is 0.0850 e. The van der Waals surface area contributed by atoms with Crippen LogP contribution >= 0.6 is 0 Å². The van der Waals surface area contributed by atoms with E-state index >= 15 is 0 Å². The lowest BCUT2D eigenvalue weighted by atomic mass is 9.76. The molecule has 0 radical (unpaired) electrons. The Kier molecular flexibility index (Phi) is 5.46. The molecule has 0 amide bonds. The first-order valence-electron chi connectivity index (χ1n) is 8.45. The van der Waals surface area contributed by atoms with Crippen molar-refractivity contribution < 1.29 is 0 Å². The molecule has 1 saturated carbocycles. The number of unbranched alkanes of at least 4 members (excludes halogenated alkanes) is 1. The Labute approximate surface area is 125 Å². The highest BCUT2D eigenvalue weighted by Crippen LogP contribution is 2.33. The maximum absolute atomic E-state index is 2.44. The molecule has 1 aliphatic carbocycles. The molecule has 1 unspecified atom stereocenters. The molecule has 0 saturated heterocycles. The molecule has 0 bridgehead atoms. The molecule has 0 heterocycles. The van der Waals surface area contributed by atoms with Crippen LogP contribution in [0.1, 0.15) is 76.8 Å². The van der Waals surface area contributed by atoms with Gasteiger partial charge in [0, 0.05) is 0 Å². The summed E-state index contributed by atoms with van der Waals surface area (Å²) in [5.41, 5.74) is 5.04. The molecule has 0 N–H and O–H groups in total. The van der Waals surface area contributed by atoms with Gasteiger partial charge in [0.15, 0.2) is 0 Å². The minimum atomic E-state index is 0.366. The Morgan fingerprint density at radius 3 is 2.35 bits per heavy atom. The van der Waals surface area contributed by atoms with Gasteiger partial charge in [0.2, 0.25) is 0 Å². The van der Waals surface area contributed by atoms with Crippen LogP contribution in [0.15, 0.2) is 35.9 Å². The smallest absolute Gasteiger partial charge is 0.00779 e. The van der Waals surface area contributed by atoms with Gasteiger partial charge in [0.25, 0.3) is 0 Å². The second-order valence-electron chi connectivity index (χ2n) is 6.62. The van der Waals surface area contributed by atoms with Gasteiger partial charge in [-0.15, -0.1) is 0 Å². The van der Waals surface area contributed by atoms with Crippen LogP contribution in [0, 0.1) is 0 Å². The maximum Gasteiger partial charge on any atom is -0.00779 e. The zero-order chi connectivity index (χ0) is 14.4. The monoisotopic (exact) mass is 270 g/mol. The topological polar surface area (TPSA) is 0 Å². The minimum Gasteiger partial charge on any atom is -0.0850 e. The Bertz CT molecular complexity index is 432. The highest BCUT2D eigenvalue weighted by Gasteiger charge is 2.23. The molecule has 1 atom stereocenters. The van der Waals surface area contributed by atoms with E-state index in [4.69, 9.17) is 0 Å². The molecule has 1 aromatic rings. The van der Waals surface area contributed by atoms with E-state index in [1.165, 1.54) is 62.5 Å². The molecule has 0 heteroatoms.